The predicted molar refractivity (Wildman–Crippen MR) is 83.4 cm³/mol. The Morgan fingerprint density at radius 2 is 1.91 bits per heavy atom. The molecule has 1 aromatic heterocycles. The van der Waals surface area contributed by atoms with Crippen molar-refractivity contribution in [1.29, 1.82) is 0 Å². The number of carbonyl (C=O) groups is 1. The fourth-order valence-electron chi connectivity index (χ4n) is 2.36. The van der Waals surface area contributed by atoms with Gasteiger partial charge >= 0.3 is 11.6 Å². The van der Waals surface area contributed by atoms with E-state index in [1.54, 1.807) is 13.0 Å². The van der Waals surface area contributed by atoms with Gasteiger partial charge in [0.15, 0.2) is 6.10 Å². The van der Waals surface area contributed by atoms with Gasteiger partial charge in [-0.3, -0.25) is 0 Å². The zero-order valence-corrected chi connectivity index (χ0v) is 13.5. The van der Waals surface area contributed by atoms with Gasteiger partial charge in [0.05, 0.1) is 12.5 Å². The normalized spacial score (nSPS) is 12.2. The molecule has 0 saturated heterocycles. The summed E-state index contributed by atoms with van der Waals surface area (Å²) in [5.41, 5.74) is 2.31. The minimum absolute atomic E-state index is 0.360. The Hall–Kier alpha value is -2.30. The molecule has 2 aromatic rings. The van der Waals surface area contributed by atoms with E-state index < -0.39 is 12.1 Å². The third-order valence-electron chi connectivity index (χ3n) is 3.76. The Morgan fingerprint density at radius 3 is 2.50 bits per heavy atom. The van der Waals surface area contributed by atoms with Crippen LogP contribution in [0.2, 0.25) is 0 Å². The van der Waals surface area contributed by atoms with Gasteiger partial charge in [-0.25, -0.2) is 9.59 Å². The number of benzene rings is 1. The summed E-state index contributed by atoms with van der Waals surface area (Å²) in [5, 5.41) is 0.713. The molecular weight excluding hydrogens is 284 g/mol. The van der Waals surface area contributed by atoms with Gasteiger partial charge in [-0.2, -0.15) is 0 Å². The Balaban J connectivity index is 2.65. The largest absolute Gasteiger partial charge is 0.478 e. The molecule has 1 atom stereocenters. The summed E-state index contributed by atoms with van der Waals surface area (Å²) in [6, 6.07) is 3.62. The first kappa shape index (κ1) is 16.1. The highest BCUT2D eigenvalue weighted by atomic mass is 16.6. The van der Waals surface area contributed by atoms with Crippen LogP contribution in [-0.4, -0.2) is 19.2 Å². The van der Waals surface area contributed by atoms with Crippen molar-refractivity contribution in [2.75, 3.05) is 7.11 Å². The zero-order chi connectivity index (χ0) is 16.4. The molecule has 1 aromatic carbocycles. The molecule has 0 aliphatic carbocycles. The maximum Gasteiger partial charge on any atom is 0.347 e. The van der Waals surface area contributed by atoms with Crippen LogP contribution in [-0.2, 0) is 9.53 Å². The van der Waals surface area contributed by atoms with Gasteiger partial charge in [-0.1, -0.05) is 6.92 Å². The van der Waals surface area contributed by atoms with Crippen LogP contribution in [0.1, 0.15) is 30.0 Å². The Labute approximate surface area is 128 Å². The van der Waals surface area contributed by atoms with E-state index in [1.807, 2.05) is 26.8 Å². The van der Waals surface area contributed by atoms with Gasteiger partial charge in [-0.15, -0.1) is 0 Å². The van der Waals surface area contributed by atoms with E-state index in [0.29, 0.717) is 28.7 Å². The smallest absolute Gasteiger partial charge is 0.347 e. The van der Waals surface area contributed by atoms with Crippen molar-refractivity contribution < 1.29 is 18.7 Å². The lowest BCUT2D eigenvalue weighted by Gasteiger charge is -2.18. The van der Waals surface area contributed by atoms with Crippen molar-refractivity contribution in [3.63, 3.8) is 0 Å². The van der Waals surface area contributed by atoms with Crippen LogP contribution in [0.3, 0.4) is 0 Å². The molecule has 5 nitrogen and oxygen atoms in total. The lowest BCUT2D eigenvalue weighted by atomic mass is 10.0. The summed E-state index contributed by atoms with van der Waals surface area (Å²) < 4.78 is 15.9. The molecule has 0 bridgehead atoms. The highest BCUT2D eigenvalue weighted by Crippen LogP contribution is 2.31. The third kappa shape index (κ3) is 2.84. The van der Waals surface area contributed by atoms with Gasteiger partial charge in [0.1, 0.15) is 11.3 Å². The molecule has 2 rings (SSSR count). The number of aryl methyl sites for hydroxylation is 2. The molecule has 118 valence electrons. The van der Waals surface area contributed by atoms with Gasteiger partial charge in [0.25, 0.3) is 0 Å². The Kier molecular flexibility index (Phi) is 4.54. The Morgan fingerprint density at radius 1 is 1.23 bits per heavy atom. The van der Waals surface area contributed by atoms with Gasteiger partial charge < -0.3 is 13.9 Å². The number of methoxy groups -OCH3 is 1. The topological polar surface area (TPSA) is 65.7 Å². The molecule has 1 heterocycles. The van der Waals surface area contributed by atoms with E-state index in [9.17, 15) is 9.59 Å². The van der Waals surface area contributed by atoms with Crippen LogP contribution in [0.4, 0.5) is 0 Å². The first-order valence-electron chi connectivity index (χ1n) is 7.18. The summed E-state index contributed by atoms with van der Waals surface area (Å²) >= 11 is 0. The average molecular weight is 304 g/mol. The maximum absolute atomic E-state index is 11.8. The van der Waals surface area contributed by atoms with E-state index in [-0.39, 0.29) is 5.63 Å². The molecular formula is C17H20O5. The second-order valence-electron chi connectivity index (χ2n) is 5.31. The van der Waals surface area contributed by atoms with Crippen LogP contribution in [0.5, 0.6) is 5.75 Å². The van der Waals surface area contributed by atoms with E-state index in [0.717, 1.165) is 11.1 Å². The number of ether oxygens (including phenoxy) is 2. The average Bonchev–Trinajstić information content (AvgIpc) is 2.48. The zero-order valence-electron chi connectivity index (χ0n) is 13.5. The van der Waals surface area contributed by atoms with Gasteiger partial charge in [-0.05, 0) is 50.5 Å². The number of hydrogen-bond acceptors (Lipinski definition) is 5. The molecule has 0 spiro atoms. The first-order chi connectivity index (χ1) is 10.4. The monoisotopic (exact) mass is 304 g/mol. The lowest BCUT2D eigenvalue weighted by Crippen LogP contribution is -2.28. The van der Waals surface area contributed by atoms with Crippen LogP contribution in [0.15, 0.2) is 21.3 Å². The molecule has 22 heavy (non-hydrogen) atoms. The van der Waals surface area contributed by atoms with Crippen LogP contribution < -0.4 is 10.4 Å². The molecule has 0 saturated carbocycles. The SMILES string of the molecule is CCC(Oc1cc(C)cc2oc(=O)c(C)c(C)c12)C(=O)OC. The minimum Gasteiger partial charge on any atom is -0.478 e. The second-order valence-corrected chi connectivity index (χ2v) is 5.31. The van der Waals surface area contributed by atoms with Crippen molar-refractivity contribution in [3.05, 3.63) is 39.2 Å². The summed E-state index contributed by atoms with van der Waals surface area (Å²) in [5.74, 6) is 0.0977. The Bertz CT molecular complexity index is 773. The van der Waals surface area contributed by atoms with Crippen molar-refractivity contribution in [1.82, 2.24) is 0 Å². The molecule has 0 N–H and O–H groups in total. The standard InChI is InChI=1S/C17H20O5/c1-6-12(17(19)20-5)21-13-7-9(2)8-14-15(13)10(3)11(4)16(18)22-14/h7-8,12H,6H2,1-5H3. The van der Waals surface area contributed by atoms with Crippen molar-refractivity contribution in [2.45, 2.75) is 40.2 Å². The summed E-state index contributed by atoms with van der Waals surface area (Å²) in [6.07, 6.45) is -0.210. The number of rotatable bonds is 4. The van der Waals surface area contributed by atoms with Gasteiger partial charge in [0.2, 0.25) is 0 Å². The molecule has 1 unspecified atom stereocenters. The first-order valence-corrected chi connectivity index (χ1v) is 7.18. The molecule has 5 heteroatoms. The predicted octanol–water partition coefficient (Wildman–Crippen LogP) is 3.05. The van der Waals surface area contributed by atoms with Crippen LogP contribution in [0, 0.1) is 20.8 Å². The van der Waals surface area contributed by atoms with Crippen LogP contribution in [0.25, 0.3) is 11.0 Å². The molecule has 0 aliphatic rings. The summed E-state index contributed by atoms with van der Waals surface area (Å²) in [6.45, 7) is 7.27. The fraction of sp³-hybridized carbons (Fsp3) is 0.412. The molecule has 0 fully saturated rings. The van der Waals surface area contributed by atoms with E-state index in [2.05, 4.69) is 0 Å². The van der Waals surface area contributed by atoms with E-state index >= 15 is 0 Å². The van der Waals surface area contributed by atoms with Crippen molar-refractivity contribution in [3.8, 4) is 5.75 Å². The third-order valence-corrected chi connectivity index (χ3v) is 3.76. The molecule has 0 aliphatic heterocycles. The van der Waals surface area contributed by atoms with Crippen molar-refractivity contribution >= 4 is 16.9 Å². The summed E-state index contributed by atoms with van der Waals surface area (Å²) in [7, 11) is 1.33. The maximum atomic E-state index is 11.8. The number of esters is 1. The summed E-state index contributed by atoms with van der Waals surface area (Å²) in [4.78, 5) is 23.6. The minimum atomic E-state index is -0.693. The second kappa shape index (κ2) is 6.22. The number of carbonyl (C=O) groups excluding carboxylic acids is 1. The molecule has 0 radical (unpaired) electrons. The fourth-order valence-corrected chi connectivity index (χ4v) is 2.36. The highest BCUT2D eigenvalue weighted by Gasteiger charge is 2.22. The number of fused-ring (bicyclic) bond motifs is 1. The van der Waals surface area contributed by atoms with E-state index in [1.165, 1.54) is 7.11 Å². The van der Waals surface area contributed by atoms with Crippen LogP contribution >= 0.6 is 0 Å². The quantitative estimate of drug-likeness (QED) is 0.641. The van der Waals surface area contributed by atoms with E-state index in [4.69, 9.17) is 13.9 Å². The highest BCUT2D eigenvalue weighted by molar-refractivity contribution is 5.88. The number of hydrogen-bond donors (Lipinski definition) is 0. The lowest BCUT2D eigenvalue weighted by molar-refractivity contribution is -0.148. The van der Waals surface area contributed by atoms with Crippen molar-refractivity contribution in [2.24, 2.45) is 0 Å². The van der Waals surface area contributed by atoms with Gasteiger partial charge in [0, 0.05) is 5.56 Å². The molecule has 0 amide bonds.